The Hall–Kier alpha value is -3.51. The number of fused-ring (bicyclic) bond motifs is 1. The molecule has 0 aliphatic carbocycles. The summed E-state index contributed by atoms with van der Waals surface area (Å²) in [6, 6.07) is 20.9. The lowest BCUT2D eigenvalue weighted by Crippen LogP contribution is -2.34. The van der Waals surface area contributed by atoms with Crippen LogP contribution in [0.4, 0.5) is 5.69 Å². The molecule has 4 rings (SSSR count). The van der Waals surface area contributed by atoms with Gasteiger partial charge in [0, 0.05) is 16.8 Å². The zero-order valence-electron chi connectivity index (χ0n) is 16.7. The van der Waals surface area contributed by atoms with E-state index < -0.39 is 0 Å². The van der Waals surface area contributed by atoms with E-state index in [1.54, 1.807) is 12.1 Å². The molecule has 1 aromatic heterocycles. The number of rotatable bonds is 4. The number of nitrogens with one attached hydrogen (secondary N) is 2. The van der Waals surface area contributed by atoms with Gasteiger partial charge in [0.15, 0.2) is 10.7 Å². The third kappa shape index (κ3) is 4.39. The second-order valence-corrected chi connectivity index (χ2v) is 7.43. The van der Waals surface area contributed by atoms with Crippen molar-refractivity contribution in [1.82, 2.24) is 10.3 Å². The number of amides is 1. The molecule has 0 atom stereocenters. The first-order valence-corrected chi connectivity index (χ1v) is 10.1. The lowest BCUT2D eigenvalue weighted by molar-refractivity contribution is 0.0977. The maximum atomic E-state index is 12.3. The Morgan fingerprint density at radius 1 is 1.03 bits per heavy atom. The molecule has 2 N–H and O–H groups in total. The number of aryl methyl sites for hydroxylation is 2. The molecule has 0 aliphatic rings. The van der Waals surface area contributed by atoms with Crippen LogP contribution in [0.3, 0.4) is 0 Å². The highest BCUT2D eigenvalue weighted by atomic mass is 32.1. The Labute approximate surface area is 180 Å². The van der Waals surface area contributed by atoms with Crippen molar-refractivity contribution in [3.8, 4) is 11.5 Å². The van der Waals surface area contributed by atoms with Crippen molar-refractivity contribution >= 4 is 40.0 Å². The molecule has 0 aliphatic heterocycles. The molecule has 5 nitrogen and oxygen atoms in total. The van der Waals surface area contributed by atoms with Crippen molar-refractivity contribution in [2.45, 2.75) is 20.3 Å². The summed E-state index contributed by atoms with van der Waals surface area (Å²) in [6.45, 7) is 4.09. The summed E-state index contributed by atoms with van der Waals surface area (Å²) in [6.07, 6.45) is 0.932. The zero-order valence-corrected chi connectivity index (χ0v) is 17.5. The fourth-order valence-corrected chi connectivity index (χ4v) is 3.29. The van der Waals surface area contributed by atoms with Crippen molar-refractivity contribution in [3.63, 3.8) is 0 Å². The van der Waals surface area contributed by atoms with Gasteiger partial charge < -0.3 is 9.73 Å². The highest BCUT2D eigenvalue weighted by Gasteiger charge is 2.10. The van der Waals surface area contributed by atoms with Crippen LogP contribution in [0.2, 0.25) is 0 Å². The van der Waals surface area contributed by atoms with Crippen molar-refractivity contribution < 1.29 is 9.21 Å². The van der Waals surface area contributed by atoms with Gasteiger partial charge in [-0.2, -0.15) is 0 Å². The largest absolute Gasteiger partial charge is 0.436 e. The minimum atomic E-state index is -0.242. The van der Waals surface area contributed by atoms with Gasteiger partial charge in [0.2, 0.25) is 5.89 Å². The van der Waals surface area contributed by atoms with Gasteiger partial charge in [-0.3, -0.25) is 10.1 Å². The van der Waals surface area contributed by atoms with E-state index >= 15 is 0 Å². The first-order chi connectivity index (χ1) is 14.5. The minimum Gasteiger partial charge on any atom is -0.436 e. The Bertz CT molecular complexity index is 1210. The van der Waals surface area contributed by atoms with Crippen molar-refractivity contribution in [2.75, 3.05) is 5.32 Å². The molecule has 0 fully saturated rings. The molecule has 1 amide bonds. The number of hydrogen-bond acceptors (Lipinski definition) is 4. The predicted molar refractivity (Wildman–Crippen MR) is 124 cm³/mol. The second-order valence-electron chi connectivity index (χ2n) is 7.03. The van der Waals surface area contributed by atoms with Gasteiger partial charge in [0.05, 0.1) is 0 Å². The summed E-state index contributed by atoms with van der Waals surface area (Å²) in [5.74, 6) is 0.321. The Balaban J connectivity index is 1.40. The number of carbonyl (C=O) groups is 1. The summed E-state index contributed by atoms with van der Waals surface area (Å²) in [5, 5.41) is 5.97. The normalized spacial score (nSPS) is 10.7. The van der Waals surface area contributed by atoms with Gasteiger partial charge in [-0.1, -0.05) is 25.1 Å². The summed E-state index contributed by atoms with van der Waals surface area (Å²) in [5.41, 5.74) is 6.09. The molecule has 3 aromatic carbocycles. The topological polar surface area (TPSA) is 67.2 Å². The fourth-order valence-electron chi connectivity index (χ4n) is 3.08. The first-order valence-electron chi connectivity index (χ1n) is 9.71. The molecule has 6 heteroatoms. The SMILES string of the molecule is CCc1ccc(C(=O)NC(=S)Nc2ccc(-c3nc4ccc(C)cc4o3)cc2)cc1. The monoisotopic (exact) mass is 415 g/mol. The molecule has 30 heavy (non-hydrogen) atoms. The van der Waals surface area contributed by atoms with Crippen LogP contribution < -0.4 is 10.6 Å². The summed E-state index contributed by atoms with van der Waals surface area (Å²) >= 11 is 5.27. The molecular formula is C24H21N3O2S. The molecule has 0 saturated heterocycles. The number of aromatic nitrogens is 1. The van der Waals surface area contributed by atoms with Crippen LogP contribution in [0.1, 0.15) is 28.4 Å². The van der Waals surface area contributed by atoms with Gasteiger partial charge >= 0.3 is 0 Å². The Morgan fingerprint density at radius 2 is 1.77 bits per heavy atom. The number of oxazole rings is 1. The fraction of sp³-hybridized carbons (Fsp3) is 0.125. The first kappa shape index (κ1) is 19.8. The molecule has 1 heterocycles. The lowest BCUT2D eigenvalue weighted by Gasteiger charge is -2.10. The van der Waals surface area contributed by atoms with E-state index in [0.717, 1.165) is 34.3 Å². The number of carbonyl (C=O) groups excluding carboxylic acids is 1. The number of hydrogen-bond donors (Lipinski definition) is 2. The van der Waals surface area contributed by atoms with Gasteiger partial charge in [-0.25, -0.2) is 4.98 Å². The highest BCUT2D eigenvalue weighted by molar-refractivity contribution is 7.80. The van der Waals surface area contributed by atoms with Crippen LogP contribution in [0.15, 0.2) is 71.1 Å². The molecule has 0 radical (unpaired) electrons. The van der Waals surface area contributed by atoms with Gasteiger partial charge in [-0.05, 0) is 85.2 Å². The Kier molecular flexibility index (Phi) is 5.59. The third-order valence-electron chi connectivity index (χ3n) is 4.79. The summed E-state index contributed by atoms with van der Waals surface area (Å²) in [4.78, 5) is 16.9. The number of thiocarbonyl (C=S) groups is 1. The molecule has 0 spiro atoms. The molecule has 0 unspecified atom stereocenters. The quantitative estimate of drug-likeness (QED) is 0.431. The average molecular weight is 416 g/mol. The van der Waals surface area contributed by atoms with Crippen LogP contribution in [0.5, 0.6) is 0 Å². The van der Waals surface area contributed by atoms with Crippen LogP contribution in [0.25, 0.3) is 22.6 Å². The zero-order chi connectivity index (χ0) is 21.1. The van der Waals surface area contributed by atoms with Crippen molar-refractivity contribution in [1.29, 1.82) is 0 Å². The number of benzene rings is 3. The van der Waals surface area contributed by atoms with E-state index in [9.17, 15) is 4.79 Å². The van der Waals surface area contributed by atoms with Crippen LogP contribution in [-0.2, 0) is 6.42 Å². The lowest BCUT2D eigenvalue weighted by atomic mass is 10.1. The molecule has 0 bridgehead atoms. The van der Waals surface area contributed by atoms with E-state index in [1.807, 2.05) is 61.5 Å². The molecule has 0 saturated carbocycles. The second kappa shape index (κ2) is 8.47. The van der Waals surface area contributed by atoms with Gasteiger partial charge in [-0.15, -0.1) is 0 Å². The van der Waals surface area contributed by atoms with E-state index in [-0.39, 0.29) is 11.0 Å². The number of nitrogens with zero attached hydrogens (tertiary/aromatic N) is 1. The van der Waals surface area contributed by atoms with Crippen LogP contribution >= 0.6 is 12.2 Å². The molecule has 4 aromatic rings. The van der Waals surface area contributed by atoms with Crippen molar-refractivity contribution in [3.05, 3.63) is 83.4 Å². The molecule has 150 valence electrons. The minimum absolute atomic E-state index is 0.240. The van der Waals surface area contributed by atoms with E-state index in [0.29, 0.717) is 11.5 Å². The van der Waals surface area contributed by atoms with Crippen molar-refractivity contribution in [2.24, 2.45) is 0 Å². The summed E-state index contributed by atoms with van der Waals surface area (Å²) in [7, 11) is 0. The summed E-state index contributed by atoms with van der Waals surface area (Å²) < 4.78 is 5.86. The smallest absolute Gasteiger partial charge is 0.257 e. The van der Waals surface area contributed by atoms with Crippen LogP contribution in [0, 0.1) is 6.92 Å². The predicted octanol–water partition coefficient (Wildman–Crippen LogP) is 5.49. The van der Waals surface area contributed by atoms with E-state index in [1.165, 1.54) is 5.56 Å². The number of anilines is 1. The molecular weight excluding hydrogens is 394 g/mol. The van der Waals surface area contributed by atoms with Gasteiger partial charge in [0.1, 0.15) is 5.52 Å². The average Bonchev–Trinajstić information content (AvgIpc) is 3.17. The highest BCUT2D eigenvalue weighted by Crippen LogP contribution is 2.26. The third-order valence-corrected chi connectivity index (χ3v) is 4.99. The maximum absolute atomic E-state index is 12.3. The standard InChI is InChI=1S/C24H21N3O2S/c1-3-16-5-7-17(8-6-16)22(28)27-24(30)25-19-11-9-18(10-12-19)23-26-20-13-4-15(2)14-21(20)29-23/h4-14H,3H2,1-2H3,(H2,25,27,28,30). The maximum Gasteiger partial charge on any atom is 0.257 e. The van der Waals surface area contributed by atoms with E-state index in [2.05, 4.69) is 22.5 Å². The van der Waals surface area contributed by atoms with Crippen LogP contribution in [-0.4, -0.2) is 16.0 Å². The van der Waals surface area contributed by atoms with Gasteiger partial charge in [0.25, 0.3) is 5.91 Å². The van der Waals surface area contributed by atoms with E-state index in [4.69, 9.17) is 16.6 Å². The Morgan fingerprint density at radius 3 is 2.47 bits per heavy atom.